The number of benzene rings is 1. The van der Waals surface area contributed by atoms with Crippen molar-refractivity contribution < 1.29 is 4.79 Å². The summed E-state index contributed by atoms with van der Waals surface area (Å²) in [7, 11) is 0. The molecule has 0 spiro atoms. The summed E-state index contributed by atoms with van der Waals surface area (Å²) >= 11 is 9.10. The fourth-order valence-corrected chi connectivity index (χ4v) is 1.94. The average molecular weight is 291 g/mol. The van der Waals surface area contributed by atoms with E-state index in [1.54, 1.807) is 18.2 Å². The highest BCUT2D eigenvalue weighted by Gasteiger charge is 2.17. The van der Waals surface area contributed by atoms with Crippen molar-refractivity contribution in [3.8, 4) is 0 Å². The van der Waals surface area contributed by atoms with Crippen LogP contribution < -0.4 is 5.32 Å². The van der Waals surface area contributed by atoms with E-state index in [4.69, 9.17) is 11.6 Å². The second-order valence-electron chi connectivity index (χ2n) is 4.33. The first-order valence-corrected chi connectivity index (χ1v) is 5.74. The topological polar surface area (TPSA) is 29.1 Å². The Hall–Kier alpha value is -0.540. The Morgan fingerprint density at radius 3 is 2.47 bits per heavy atom. The van der Waals surface area contributed by atoms with E-state index in [0.29, 0.717) is 15.1 Å². The van der Waals surface area contributed by atoms with Gasteiger partial charge < -0.3 is 5.32 Å². The van der Waals surface area contributed by atoms with Crippen molar-refractivity contribution in [2.45, 2.75) is 26.3 Å². The summed E-state index contributed by atoms with van der Waals surface area (Å²) in [5, 5.41) is 3.49. The van der Waals surface area contributed by atoms with Crippen molar-refractivity contribution in [2.75, 3.05) is 0 Å². The van der Waals surface area contributed by atoms with Gasteiger partial charge in [0.1, 0.15) is 0 Å². The van der Waals surface area contributed by atoms with E-state index in [1.807, 2.05) is 20.8 Å². The van der Waals surface area contributed by atoms with Crippen LogP contribution in [0.2, 0.25) is 5.02 Å². The Labute approximate surface area is 103 Å². The molecule has 1 N–H and O–H groups in total. The lowest BCUT2D eigenvalue weighted by Crippen LogP contribution is -2.40. The molecule has 0 heterocycles. The van der Waals surface area contributed by atoms with Crippen LogP contribution in [0, 0.1) is 0 Å². The molecule has 0 aliphatic carbocycles. The Balaban J connectivity index is 2.92. The number of halogens is 2. The second kappa shape index (κ2) is 4.54. The van der Waals surface area contributed by atoms with Crippen LogP contribution in [0.1, 0.15) is 31.1 Å². The van der Waals surface area contributed by atoms with Gasteiger partial charge in [0.25, 0.3) is 5.91 Å². The standard InChI is InChI=1S/C11H13BrClNO/c1-11(2,3)14-10(15)8-5-4-7(13)6-9(8)12/h4-6H,1-3H3,(H,14,15). The van der Waals surface area contributed by atoms with Crippen molar-refractivity contribution >= 4 is 33.4 Å². The molecule has 0 fully saturated rings. The molecule has 0 aliphatic rings. The Morgan fingerprint density at radius 1 is 1.40 bits per heavy atom. The summed E-state index contributed by atoms with van der Waals surface area (Å²) < 4.78 is 0.705. The molecule has 0 aliphatic heterocycles. The van der Waals surface area contributed by atoms with E-state index in [-0.39, 0.29) is 11.4 Å². The zero-order valence-electron chi connectivity index (χ0n) is 8.90. The van der Waals surface area contributed by atoms with Gasteiger partial charge in [-0.25, -0.2) is 0 Å². The molecule has 0 saturated carbocycles. The van der Waals surface area contributed by atoms with Gasteiger partial charge in [0.2, 0.25) is 0 Å². The van der Waals surface area contributed by atoms with Crippen molar-refractivity contribution in [3.05, 3.63) is 33.3 Å². The quantitative estimate of drug-likeness (QED) is 0.841. The summed E-state index contributed by atoms with van der Waals surface area (Å²) in [6, 6.07) is 5.11. The maximum Gasteiger partial charge on any atom is 0.252 e. The molecule has 1 rings (SSSR count). The molecule has 0 radical (unpaired) electrons. The fraction of sp³-hybridized carbons (Fsp3) is 0.364. The number of rotatable bonds is 1. The molecule has 82 valence electrons. The predicted molar refractivity (Wildman–Crippen MR) is 66.4 cm³/mol. The Bertz CT molecular complexity index is 385. The minimum Gasteiger partial charge on any atom is -0.347 e. The molecule has 15 heavy (non-hydrogen) atoms. The molecule has 0 aromatic heterocycles. The SMILES string of the molecule is CC(C)(C)NC(=O)c1ccc(Cl)cc1Br. The van der Waals surface area contributed by atoms with Crippen LogP contribution in [0.3, 0.4) is 0 Å². The lowest BCUT2D eigenvalue weighted by atomic mass is 10.1. The molecule has 1 aromatic rings. The maximum atomic E-state index is 11.8. The summed E-state index contributed by atoms with van der Waals surface area (Å²) in [5.41, 5.74) is 0.352. The molecule has 0 saturated heterocycles. The number of hydrogen-bond donors (Lipinski definition) is 1. The lowest BCUT2D eigenvalue weighted by Gasteiger charge is -2.20. The van der Waals surface area contributed by atoms with Crippen molar-refractivity contribution in [1.82, 2.24) is 5.32 Å². The summed E-state index contributed by atoms with van der Waals surface area (Å²) in [6.45, 7) is 5.82. The molecular formula is C11H13BrClNO. The van der Waals surface area contributed by atoms with Crippen LogP contribution in [-0.2, 0) is 0 Å². The molecule has 1 amide bonds. The third-order valence-corrected chi connectivity index (χ3v) is 2.56. The molecule has 0 bridgehead atoms. The predicted octanol–water partition coefficient (Wildman–Crippen LogP) is 3.63. The van der Waals surface area contributed by atoms with Gasteiger partial charge in [-0.3, -0.25) is 4.79 Å². The lowest BCUT2D eigenvalue weighted by molar-refractivity contribution is 0.0919. The zero-order valence-corrected chi connectivity index (χ0v) is 11.2. The number of hydrogen-bond acceptors (Lipinski definition) is 1. The zero-order chi connectivity index (χ0) is 11.6. The van der Waals surface area contributed by atoms with Gasteiger partial charge in [-0.1, -0.05) is 11.6 Å². The van der Waals surface area contributed by atoms with Crippen LogP contribution in [0.4, 0.5) is 0 Å². The van der Waals surface area contributed by atoms with E-state index >= 15 is 0 Å². The van der Waals surface area contributed by atoms with Crippen LogP contribution in [-0.4, -0.2) is 11.4 Å². The first-order chi connectivity index (χ1) is 6.79. The highest BCUT2D eigenvalue weighted by molar-refractivity contribution is 9.10. The van der Waals surface area contributed by atoms with Crippen molar-refractivity contribution in [1.29, 1.82) is 0 Å². The van der Waals surface area contributed by atoms with Gasteiger partial charge in [0.15, 0.2) is 0 Å². The normalized spacial score (nSPS) is 11.3. The number of nitrogens with one attached hydrogen (secondary N) is 1. The second-order valence-corrected chi connectivity index (χ2v) is 5.62. The molecule has 2 nitrogen and oxygen atoms in total. The Kier molecular flexibility index (Phi) is 3.79. The van der Waals surface area contributed by atoms with Gasteiger partial charge in [0.05, 0.1) is 5.56 Å². The summed E-state index contributed by atoms with van der Waals surface area (Å²) in [5.74, 6) is -0.106. The van der Waals surface area contributed by atoms with Crippen molar-refractivity contribution in [3.63, 3.8) is 0 Å². The minimum atomic E-state index is -0.240. The third-order valence-electron chi connectivity index (χ3n) is 1.66. The van der Waals surface area contributed by atoms with Gasteiger partial charge in [-0.15, -0.1) is 0 Å². The summed E-state index contributed by atoms with van der Waals surface area (Å²) in [6.07, 6.45) is 0. The average Bonchev–Trinajstić information content (AvgIpc) is 1.99. The minimum absolute atomic E-state index is 0.106. The third kappa shape index (κ3) is 3.84. The molecule has 0 atom stereocenters. The van der Waals surface area contributed by atoms with Crippen LogP contribution in [0.5, 0.6) is 0 Å². The molecular weight excluding hydrogens is 277 g/mol. The van der Waals surface area contributed by atoms with E-state index in [9.17, 15) is 4.79 Å². The monoisotopic (exact) mass is 289 g/mol. The largest absolute Gasteiger partial charge is 0.347 e. The summed E-state index contributed by atoms with van der Waals surface area (Å²) in [4.78, 5) is 11.8. The van der Waals surface area contributed by atoms with E-state index in [1.165, 1.54) is 0 Å². The Morgan fingerprint density at radius 2 is 2.00 bits per heavy atom. The van der Waals surface area contributed by atoms with Crippen LogP contribution in [0.15, 0.2) is 22.7 Å². The van der Waals surface area contributed by atoms with Gasteiger partial charge in [-0.2, -0.15) is 0 Å². The molecule has 4 heteroatoms. The number of carbonyl (C=O) groups excluding carboxylic acids is 1. The highest BCUT2D eigenvalue weighted by atomic mass is 79.9. The van der Waals surface area contributed by atoms with Gasteiger partial charge in [-0.05, 0) is 54.9 Å². The maximum absolute atomic E-state index is 11.8. The van der Waals surface area contributed by atoms with Crippen LogP contribution in [0.25, 0.3) is 0 Å². The first-order valence-electron chi connectivity index (χ1n) is 4.57. The van der Waals surface area contributed by atoms with E-state index in [2.05, 4.69) is 21.2 Å². The first kappa shape index (κ1) is 12.5. The number of carbonyl (C=O) groups is 1. The smallest absolute Gasteiger partial charge is 0.252 e. The van der Waals surface area contributed by atoms with Crippen LogP contribution >= 0.6 is 27.5 Å². The van der Waals surface area contributed by atoms with Gasteiger partial charge in [0, 0.05) is 15.0 Å². The fourth-order valence-electron chi connectivity index (χ4n) is 1.08. The highest BCUT2D eigenvalue weighted by Crippen LogP contribution is 2.21. The molecule has 0 unspecified atom stereocenters. The van der Waals surface area contributed by atoms with E-state index in [0.717, 1.165) is 0 Å². The molecule has 1 aromatic carbocycles. The van der Waals surface area contributed by atoms with Crippen molar-refractivity contribution in [2.24, 2.45) is 0 Å². The van der Waals surface area contributed by atoms with Gasteiger partial charge >= 0.3 is 0 Å². The number of amides is 1. The van der Waals surface area contributed by atoms with E-state index < -0.39 is 0 Å².